The molecule has 4 heterocycles. The Morgan fingerprint density at radius 1 is 1.00 bits per heavy atom. The summed E-state index contributed by atoms with van der Waals surface area (Å²) in [5.41, 5.74) is 4.09. The first kappa shape index (κ1) is 34.6. The highest BCUT2D eigenvalue weighted by molar-refractivity contribution is 6.32. The molecular weight excluding hydrogens is 668 g/mol. The van der Waals surface area contributed by atoms with E-state index in [1.54, 1.807) is 16.8 Å². The van der Waals surface area contributed by atoms with Crippen molar-refractivity contribution in [1.29, 1.82) is 0 Å². The molecule has 1 fully saturated rings. The summed E-state index contributed by atoms with van der Waals surface area (Å²) in [5, 5.41) is 29.6. The number of piperidine rings is 1. The van der Waals surface area contributed by atoms with Crippen LogP contribution in [0.1, 0.15) is 88.3 Å². The van der Waals surface area contributed by atoms with Crippen molar-refractivity contribution in [1.82, 2.24) is 29.7 Å². The number of aromatic nitrogens is 5. The van der Waals surface area contributed by atoms with Gasteiger partial charge in [0.1, 0.15) is 23.4 Å². The van der Waals surface area contributed by atoms with Crippen molar-refractivity contribution in [2.45, 2.75) is 76.9 Å². The van der Waals surface area contributed by atoms with Gasteiger partial charge in [0, 0.05) is 43.7 Å². The molecule has 7 rings (SSSR count). The van der Waals surface area contributed by atoms with Gasteiger partial charge in [-0.3, -0.25) is 9.72 Å². The summed E-state index contributed by atoms with van der Waals surface area (Å²) in [6, 6.07) is 18.7. The van der Waals surface area contributed by atoms with E-state index in [-0.39, 0.29) is 30.2 Å². The molecule has 5 aromatic rings. The quantitative estimate of drug-likeness (QED) is 0.128. The number of aliphatic hydroxyl groups is 1. The number of anilines is 2. The molecule has 1 saturated heterocycles. The standard InChI is InChI=1S/C38H45ClN8O4/c1-38(2,3)33-23-35(47(44-33)25-12-14-29(39)32(22-25)50-21-9-20-48)41-36(49)40-30-15-16-31(28-11-6-5-10-27(28)30)51-26-13-17-34-42-43-37(46(34)24-26)45-18-7-4-8-19-45/h5-6,10-14,17,22-24,30-31,48H,4,7-9,15-16,18-21H2,1-3H3,(H2,40,41,49)/t30-,31+/m0/s1. The van der Waals surface area contributed by atoms with E-state index in [4.69, 9.17) is 26.2 Å². The predicted molar refractivity (Wildman–Crippen MR) is 197 cm³/mol. The van der Waals surface area contributed by atoms with Crippen LogP contribution in [0.3, 0.4) is 0 Å². The maximum atomic E-state index is 13.7. The highest BCUT2D eigenvalue weighted by atomic mass is 35.5. The highest BCUT2D eigenvalue weighted by Crippen LogP contribution is 2.39. The van der Waals surface area contributed by atoms with Crippen molar-refractivity contribution in [3.8, 4) is 17.2 Å². The van der Waals surface area contributed by atoms with Crippen LogP contribution in [0.15, 0.2) is 66.9 Å². The number of hydrogen-bond acceptors (Lipinski definition) is 8. The molecule has 268 valence electrons. The van der Waals surface area contributed by atoms with E-state index in [0.29, 0.717) is 41.7 Å². The molecule has 0 saturated carbocycles. The molecule has 0 radical (unpaired) electrons. The minimum atomic E-state index is -0.340. The topological polar surface area (TPSA) is 131 Å². The number of nitrogens with zero attached hydrogens (tertiary/aromatic N) is 6. The van der Waals surface area contributed by atoms with Crippen molar-refractivity contribution in [2.24, 2.45) is 0 Å². The van der Waals surface area contributed by atoms with Crippen molar-refractivity contribution in [3.05, 3.63) is 88.7 Å². The Hall–Kier alpha value is -4.81. The summed E-state index contributed by atoms with van der Waals surface area (Å²) in [4.78, 5) is 16.0. The van der Waals surface area contributed by atoms with Crippen molar-refractivity contribution >= 4 is 35.0 Å². The van der Waals surface area contributed by atoms with Gasteiger partial charge in [0.25, 0.3) is 0 Å². The van der Waals surface area contributed by atoms with E-state index in [2.05, 4.69) is 58.6 Å². The van der Waals surface area contributed by atoms with Gasteiger partial charge in [-0.25, -0.2) is 9.48 Å². The van der Waals surface area contributed by atoms with E-state index in [0.717, 1.165) is 66.5 Å². The summed E-state index contributed by atoms with van der Waals surface area (Å²) in [6.07, 6.45) is 7.27. The molecule has 3 aromatic heterocycles. The summed E-state index contributed by atoms with van der Waals surface area (Å²) in [7, 11) is 0. The fraction of sp³-hybridized carbons (Fsp3) is 0.421. The van der Waals surface area contributed by atoms with Gasteiger partial charge in [-0.2, -0.15) is 5.10 Å². The van der Waals surface area contributed by atoms with E-state index >= 15 is 0 Å². The Morgan fingerprint density at radius 2 is 1.80 bits per heavy atom. The second kappa shape index (κ2) is 14.8. The van der Waals surface area contributed by atoms with Crippen LogP contribution in [0.5, 0.6) is 11.5 Å². The van der Waals surface area contributed by atoms with Gasteiger partial charge in [0.05, 0.1) is 35.2 Å². The number of ether oxygens (including phenoxy) is 2. The van der Waals surface area contributed by atoms with Gasteiger partial charge in [0.15, 0.2) is 5.65 Å². The van der Waals surface area contributed by atoms with Crippen LogP contribution in [0.4, 0.5) is 16.6 Å². The smallest absolute Gasteiger partial charge is 0.320 e. The Balaban J connectivity index is 1.08. The first-order valence-corrected chi connectivity index (χ1v) is 18.1. The van der Waals surface area contributed by atoms with E-state index in [1.807, 2.05) is 47.0 Å². The Bertz CT molecular complexity index is 2000. The lowest BCUT2D eigenvalue weighted by molar-refractivity contribution is 0.171. The van der Waals surface area contributed by atoms with Crippen LogP contribution < -0.4 is 25.0 Å². The molecular formula is C38H45ClN8O4. The summed E-state index contributed by atoms with van der Waals surface area (Å²) >= 11 is 6.41. The summed E-state index contributed by atoms with van der Waals surface area (Å²) < 4.78 is 16.2. The number of urea groups is 1. The van der Waals surface area contributed by atoms with Crippen LogP contribution >= 0.6 is 11.6 Å². The monoisotopic (exact) mass is 712 g/mol. The lowest BCUT2D eigenvalue weighted by Gasteiger charge is -2.32. The lowest BCUT2D eigenvalue weighted by atomic mass is 9.85. The molecule has 13 heteroatoms. The number of fused-ring (bicyclic) bond motifs is 2. The normalized spacial score (nSPS) is 17.6. The average molecular weight is 713 g/mol. The van der Waals surface area contributed by atoms with Crippen LogP contribution in [0, 0.1) is 0 Å². The Kier molecular flexibility index (Phi) is 10.1. The van der Waals surface area contributed by atoms with Crippen molar-refractivity contribution < 1.29 is 19.4 Å². The third kappa shape index (κ3) is 7.62. The first-order valence-electron chi connectivity index (χ1n) is 17.7. The molecule has 0 spiro atoms. The third-order valence-electron chi connectivity index (χ3n) is 9.45. The predicted octanol–water partition coefficient (Wildman–Crippen LogP) is 7.39. The molecule has 3 N–H and O–H groups in total. The van der Waals surface area contributed by atoms with Gasteiger partial charge >= 0.3 is 6.03 Å². The second-order valence-corrected chi connectivity index (χ2v) is 14.6. The number of carbonyl (C=O) groups is 1. The third-order valence-corrected chi connectivity index (χ3v) is 9.77. The zero-order valence-corrected chi connectivity index (χ0v) is 30.1. The molecule has 2 atom stereocenters. The maximum absolute atomic E-state index is 13.7. The average Bonchev–Trinajstić information content (AvgIpc) is 3.75. The molecule has 0 unspecified atom stereocenters. The second-order valence-electron chi connectivity index (χ2n) is 14.2. The van der Waals surface area contributed by atoms with Crippen LogP contribution in [0.2, 0.25) is 5.02 Å². The van der Waals surface area contributed by atoms with Gasteiger partial charge in [-0.1, -0.05) is 56.6 Å². The molecule has 12 nitrogen and oxygen atoms in total. The molecule has 1 aliphatic carbocycles. The number of rotatable bonds is 10. The Morgan fingerprint density at radius 3 is 2.59 bits per heavy atom. The molecule has 2 amide bonds. The lowest BCUT2D eigenvalue weighted by Crippen LogP contribution is -2.36. The zero-order valence-electron chi connectivity index (χ0n) is 29.3. The van der Waals surface area contributed by atoms with Crippen LogP contribution in [-0.4, -0.2) is 61.8 Å². The van der Waals surface area contributed by atoms with Gasteiger partial charge in [-0.05, 0) is 67.5 Å². The number of nitrogens with one attached hydrogen (secondary N) is 2. The number of pyridine rings is 1. The Labute approximate surface area is 302 Å². The molecule has 51 heavy (non-hydrogen) atoms. The van der Waals surface area contributed by atoms with Gasteiger partial charge in [0.2, 0.25) is 5.95 Å². The van der Waals surface area contributed by atoms with Crippen LogP contribution in [0.25, 0.3) is 11.3 Å². The number of carbonyl (C=O) groups excluding carboxylic acids is 1. The molecule has 0 bridgehead atoms. The van der Waals surface area contributed by atoms with Gasteiger partial charge in [-0.15, -0.1) is 10.2 Å². The summed E-state index contributed by atoms with van der Waals surface area (Å²) in [5.74, 6) is 2.59. The minimum absolute atomic E-state index is 0.0217. The molecule has 2 aliphatic rings. The van der Waals surface area contributed by atoms with E-state index in [9.17, 15) is 9.90 Å². The fourth-order valence-electron chi connectivity index (χ4n) is 6.75. The largest absolute Gasteiger partial charge is 0.492 e. The number of hydrogen-bond donors (Lipinski definition) is 3. The van der Waals surface area contributed by atoms with E-state index < -0.39 is 0 Å². The molecule has 2 aromatic carbocycles. The molecule has 1 aliphatic heterocycles. The zero-order chi connectivity index (χ0) is 35.5. The van der Waals surface area contributed by atoms with Gasteiger partial charge < -0.3 is 24.8 Å². The number of amides is 2. The maximum Gasteiger partial charge on any atom is 0.320 e. The van der Waals surface area contributed by atoms with Crippen LogP contribution in [-0.2, 0) is 5.41 Å². The summed E-state index contributed by atoms with van der Waals surface area (Å²) in [6.45, 7) is 8.53. The highest BCUT2D eigenvalue weighted by Gasteiger charge is 2.30. The fourth-order valence-corrected chi connectivity index (χ4v) is 6.92. The first-order chi connectivity index (χ1) is 24.7. The number of aliphatic hydroxyl groups excluding tert-OH is 1. The SMILES string of the molecule is CC(C)(C)c1cc(NC(=O)N[C@H]2CC[C@@H](Oc3ccc4nnc(N5CCCCC5)n4c3)c3ccccc32)n(-c2ccc(Cl)c(OCCCO)c2)n1. The number of halogens is 1. The number of benzene rings is 2. The van der Waals surface area contributed by atoms with Crippen molar-refractivity contribution in [3.63, 3.8) is 0 Å². The van der Waals surface area contributed by atoms with Crippen molar-refractivity contribution in [2.75, 3.05) is 36.5 Å². The minimum Gasteiger partial charge on any atom is -0.492 e. The van der Waals surface area contributed by atoms with E-state index in [1.165, 1.54) is 6.42 Å².